The molecule has 1 aromatic carbocycles. The first-order valence-corrected chi connectivity index (χ1v) is 7.72. The quantitative estimate of drug-likeness (QED) is 0.856. The first-order valence-electron chi connectivity index (χ1n) is 7.72. The standard InChI is InChI=1S/C16H20FN3O2/c17-13-4-6-14(7-5-13)22-12-15(21)20-11-8-18-16(20)19-9-2-1-3-10-19/h4-7H,1-3,8-12H2. The Bertz CT molecular complexity index is 553. The fourth-order valence-electron chi connectivity index (χ4n) is 2.79. The SMILES string of the molecule is O=C(COc1ccc(F)cc1)N1CCN=C1N1CCCCC1. The molecular weight excluding hydrogens is 285 g/mol. The van der Waals surface area contributed by atoms with E-state index in [0.29, 0.717) is 18.8 Å². The molecule has 0 aromatic heterocycles. The lowest BCUT2D eigenvalue weighted by Gasteiger charge is -2.32. The van der Waals surface area contributed by atoms with E-state index in [2.05, 4.69) is 9.89 Å². The van der Waals surface area contributed by atoms with Crippen LogP contribution in [0.25, 0.3) is 0 Å². The zero-order chi connectivity index (χ0) is 15.4. The van der Waals surface area contributed by atoms with Crippen LogP contribution in [0.3, 0.4) is 0 Å². The minimum atomic E-state index is -0.322. The molecule has 0 saturated carbocycles. The highest BCUT2D eigenvalue weighted by molar-refractivity contribution is 5.98. The van der Waals surface area contributed by atoms with E-state index < -0.39 is 0 Å². The maximum absolute atomic E-state index is 12.8. The van der Waals surface area contributed by atoms with E-state index in [-0.39, 0.29) is 18.3 Å². The van der Waals surface area contributed by atoms with Crippen molar-refractivity contribution >= 4 is 11.9 Å². The van der Waals surface area contributed by atoms with Gasteiger partial charge in [-0.2, -0.15) is 0 Å². The maximum Gasteiger partial charge on any atom is 0.267 e. The summed E-state index contributed by atoms with van der Waals surface area (Å²) in [6.07, 6.45) is 3.53. The predicted molar refractivity (Wildman–Crippen MR) is 81.3 cm³/mol. The second-order valence-electron chi connectivity index (χ2n) is 5.52. The number of piperidine rings is 1. The third-order valence-electron chi connectivity index (χ3n) is 3.93. The molecule has 0 aliphatic carbocycles. The van der Waals surface area contributed by atoms with Gasteiger partial charge in [-0.05, 0) is 43.5 Å². The van der Waals surface area contributed by atoms with Gasteiger partial charge in [0, 0.05) is 19.6 Å². The molecule has 0 radical (unpaired) electrons. The van der Waals surface area contributed by atoms with E-state index in [4.69, 9.17) is 4.74 Å². The van der Waals surface area contributed by atoms with Gasteiger partial charge < -0.3 is 9.64 Å². The summed E-state index contributed by atoms with van der Waals surface area (Å²) in [5.41, 5.74) is 0. The van der Waals surface area contributed by atoms with E-state index in [1.807, 2.05) is 0 Å². The zero-order valence-corrected chi connectivity index (χ0v) is 12.5. The highest BCUT2D eigenvalue weighted by Gasteiger charge is 2.28. The zero-order valence-electron chi connectivity index (χ0n) is 12.5. The van der Waals surface area contributed by atoms with Crippen LogP contribution in [0.2, 0.25) is 0 Å². The van der Waals surface area contributed by atoms with Crippen LogP contribution in [0.5, 0.6) is 5.75 Å². The Morgan fingerprint density at radius 1 is 1.14 bits per heavy atom. The van der Waals surface area contributed by atoms with E-state index in [1.165, 1.54) is 30.7 Å². The molecule has 1 aromatic rings. The molecule has 3 rings (SSSR count). The van der Waals surface area contributed by atoms with Crippen LogP contribution in [-0.4, -0.2) is 54.5 Å². The van der Waals surface area contributed by atoms with Crippen molar-refractivity contribution in [2.24, 2.45) is 4.99 Å². The molecule has 0 bridgehead atoms. The normalized spacial score (nSPS) is 18.3. The molecular formula is C16H20FN3O2. The van der Waals surface area contributed by atoms with Gasteiger partial charge >= 0.3 is 0 Å². The Morgan fingerprint density at radius 3 is 2.59 bits per heavy atom. The lowest BCUT2D eigenvalue weighted by atomic mass is 10.1. The smallest absolute Gasteiger partial charge is 0.267 e. The molecule has 1 amide bonds. The van der Waals surface area contributed by atoms with Crippen LogP contribution in [-0.2, 0) is 4.79 Å². The minimum Gasteiger partial charge on any atom is -0.484 e. The molecule has 2 aliphatic rings. The number of likely N-dealkylation sites (tertiary alicyclic amines) is 1. The monoisotopic (exact) mass is 305 g/mol. The Labute approximate surface area is 129 Å². The number of benzene rings is 1. The van der Waals surface area contributed by atoms with Gasteiger partial charge in [0.15, 0.2) is 6.61 Å². The van der Waals surface area contributed by atoms with E-state index in [1.54, 1.807) is 4.90 Å². The van der Waals surface area contributed by atoms with Gasteiger partial charge in [-0.15, -0.1) is 0 Å². The lowest BCUT2D eigenvalue weighted by molar-refractivity contribution is -0.129. The van der Waals surface area contributed by atoms with Gasteiger partial charge in [-0.25, -0.2) is 4.39 Å². The number of ether oxygens (including phenoxy) is 1. The second kappa shape index (κ2) is 6.77. The summed E-state index contributed by atoms with van der Waals surface area (Å²) in [5.74, 6) is 0.849. The first kappa shape index (κ1) is 14.8. The third-order valence-corrected chi connectivity index (χ3v) is 3.93. The average molecular weight is 305 g/mol. The van der Waals surface area contributed by atoms with Crippen LogP contribution < -0.4 is 4.74 Å². The molecule has 0 unspecified atom stereocenters. The highest BCUT2D eigenvalue weighted by Crippen LogP contribution is 2.15. The summed E-state index contributed by atoms with van der Waals surface area (Å²) in [4.78, 5) is 20.7. The molecule has 2 aliphatic heterocycles. The van der Waals surface area contributed by atoms with E-state index in [9.17, 15) is 9.18 Å². The fraction of sp³-hybridized carbons (Fsp3) is 0.500. The van der Waals surface area contributed by atoms with Crippen LogP contribution in [0.15, 0.2) is 29.3 Å². The van der Waals surface area contributed by atoms with Gasteiger partial charge in [0.25, 0.3) is 5.91 Å². The summed E-state index contributed by atoms with van der Waals surface area (Å²) in [5, 5.41) is 0. The van der Waals surface area contributed by atoms with Crippen molar-refractivity contribution in [1.29, 1.82) is 0 Å². The average Bonchev–Trinajstić information content (AvgIpc) is 3.04. The van der Waals surface area contributed by atoms with E-state index >= 15 is 0 Å². The molecule has 22 heavy (non-hydrogen) atoms. The minimum absolute atomic E-state index is 0.0571. The van der Waals surface area contributed by atoms with Crippen molar-refractivity contribution in [3.63, 3.8) is 0 Å². The number of halogens is 1. The number of carbonyl (C=O) groups is 1. The van der Waals surface area contributed by atoms with Crippen molar-refractivity contribution in [2.75, 3.05) is 32.8 Å². The van der Waals surface area contributed by atoms with Crippen LogP contribution in [0.4, 0.5) is 4.39 Å². The van der Waals surface area contributed by atoms with Crippen LogP contribution in [0.1, 0.15) is 19.3 Å². The molecule has 0 spiro atoms. The van der Waals surface area contributed by atoms with Crippen LogP contribution in [0, 0.1) is 5.82 Å². The fourth-order valence-corrected chi connectivity index (χ4v) is 2.79. The van der Waals surface area contributed by atoms with Gasteiger partial charge in [-0.1, -0.05) is 0 Å². The maximum atomic E-state index is 12.8. The third kappa shape index (κ3) is 3.37. The van der Waals surface area contributed by atoms with Crippen molar-refractivity contribution in [3.05, 3.63) is 30.1 Å². The summed E-state index contributed by atoms with van der Waals surface area (Å²) in [6, 6.07) is 5.67. The molecule has 5 nitrogen and oxygen atoms in total. The summed E-state index contributed by atoms with van der Waals surface area (Å²) >= 11 is 0. The first-order chi connectivity index (χ1) is 10.7. The molecule has 0 N–H and O–H groups in total. The summed E-state index contributed by atoms with van der Waals surface area (Å²) in [7, 11) is 0. The number of amides is 1. The highest BCUT2D eigenvalue weighted by atomic mass is 19.1. The largest absolute Gasteiger partial charge is 0.484 e. The van der Waals surface area contributed by atoms with Crippen molar-refractivity contribution in [1.82, 2.24) is 9.80 Å². The van der Waals surface area contributed by atoms with Gasteiger partial charge in [-0.3, -0.25) is 14.7 Å². The topological polar surface area (TPSA) is 45.1 Å². The molecule has 2 heterocycles. The van der Waals surface area contributed by atoms with E-state index in [0.717, 1.165) is 31.9 Å². The van der Waals surface area contributed by atoms with Crippen molar-refractivity contribution in [2.45, 2.75) is 19.3 Å². The molecule has 0 atom stereocenters. The lowest BCUT2D eigenvalue weighted by Crippen LogP contribution is -2.48. The number of aliphatic imine (C=N–C) groups is 1. The van der Waals surface area contributed by atoms with Crippen molar-refractivity contribution in [3.8, 4) is 5.75 Å². The molecule has 6 heteroatoms. The second-order valence-corrected chi connectivity index (χ2v) is 5.52. The Kier molecular flexibility index (Phi) is 4.56. The van der Waals surface area contributed by atoms with Crippen molar-refractivity contribution < 1.29 is 13.9 Å². The van der Waals surface area contributed by atoms with Crippen LogP contribution >= 0.6 is 0 Å². The number of nitrogens with zero attached hydrogens (tertiary/aromatic N) is 3. The molecule has 1 saturated heterocycles. The molecule has 1 fully saturated rings. The number of guanidine groups is 1. The number of rotatable bonds is 3. The Balaban J connectivity index is 1.57. The van der Waals surface area contributed by atoms with Gasteiger partial charge in [0.05, 0.1) is 6.54 Å². The van der Waals surface area contributed by atoms with Gasteiger partial charge in [0.1, 0.15) is 11.6 Å². The Morgan fingerprint density at radius 2 is 1.86 bits per heavy atom. The van der Waals surface area contributed by atoms with Gasteiger partial charge in [0.2, 0.25) is 5.96 Å². The summed E-state index contributed by atoms with van der Waals surface area (Å²) in [6.45, 7) is 3.12. The number of hydrogen-bond donors (Lipinski definition) is 0. The number of carbonyl (C=O) groups excluding carboxylic acids is 1. The number of hydrogen-bond acceptors (Lipinski definition) is 4. The predicted octanol–water partition coefficient (Wildman–Crippen LogP) is 1.89. The Hall–Kier alpha value is -2.11. The molecule has 118 valence electrons. The summed E-state index contributed by atoms with van der Waals surface area (Å²) < 4.78 is 18.3.